The van der Waals surface area contributed by atoms with Crippen molar-refractivity contribution in [3.63, 3.8) is 0 Å². The summed E-state index contributed by atoms with van der Waals surface area (Å²) in [4.78, 5) is 41.0. The first kappa shape index (κ1) is 26.9. The largest absolute Gasteiger partial charge is 0.452 e. The minimum Gasteiger partial charge on any atom is -0.452 e. The van der Waals surface area contributed by atoms with Gasteiger partial charge in [0.05, 0.1) is 23.5 Å². The summed E-state index contributed by atoms with van der Waals surface area (Å²) in [6.45, 7) is 9.94. The first-order valence-electron chi connectivity index (χ1n) is 10.1. The zero-order valence-corrected chi connectivity index (χ0v) is 20.0. The lowest BCUT2D eigenvalue weighted by Crippen LogP contribution is -2.50. The van der Waals surface area contributed by atoms with Crippen molar-refractivity contribution in [3.05, 3.63) is 23.9 Å². The van der Waals surface area contributed by atoms with Crippen LogP contribution in [0.4, 0.5) is 0 Å². The van der Waals surface area contributed by atoms with Crippen molar-refractivity contribution in [1.29, 1.82) is 10.5 Å². The predicted molar refractivity (Wildman–Crippen MR) is 119 cm³/mol. The highest BCUT2D eigenvalue weighted by atomic mass is 32.2. The van der Waals surface area contributed by atoms with Gasteiger partial charge in [0.2, 0.25) is 5.91 Å². The van der Waals surface area contributed by atoms with Crippen molar-refractivity contribution in [1.82, 2.24) is 15.6 Å². The smallest absolute Gasteiger partial charge is 0.341 e. The number of nitriles is 2. The van der Waals surface area contributed by atoms with E-state index >= 15 is 0 Å². The Bertz CT molecular complexity index is 937. The van der Waals surface area contributed by atoms with Crippen LogP contribution in [-0.2, 0) is 14.3 Å². The molecule has 0 aliphatic heterocycles. The number of esters is 1. The second-order valence-corrected chi connectivity index (χ2v) is 9.22. The van der Waals surface area contributed by atoms with E-state index < -0.39 is 29.6 Å². The lowest BCUT2D eigenvalue weighted by atomic mass is 9.90. The molecule has 0 unspecified atom stereocenters. The molecule has 2 N–H and O–H groups in total. The highest BCUT2D eigenvalue weighted by molar-refractivity contribution is 8.00. The molecule has 0 saturated heterocycles. The van der Waals surface area contributed by atoms with Crippen molar-refractivity contribution in [2.45, 2.75) is 57.6 Å². The Balaban J connectivity index is 2.76. The van der Waals surface area contributed by atoms with Crippen molar-refractivity contribution >= 4 is 29.5 Å². The van der Waals surface area contributed by atoms with Gasteiger partial charge in [0, 0.05) is 6.20 Å². The first-order valence-corrected chi connectivity index (χ1v) is 11.1. The van der Waals surface area contributed by atoms with E-state index in [1.165, 1.54) is 18.3 Å². The number of thioether (sulfide) groups is 1. The van der Waals surface area contributed by atoms with Crippen LogP contribution in [0, 0.1) is 34.5 Å². The highest BCUT2D eigenvalue weighted by Gasteiger charge is 2.31. The number of ether oxygens (including phenoxy) is 1. The second-order valence-electron chi connectivity index (χ2n) is 8.25. The van der Waals surface area contributed by atoms with Gasteiger partial charge in [-0.25, -0.2) is 9.78 Å². The van der Waals surface area contributed by atoms with Gasteiger partial charge in [0.25, 0.3) is 5.91 Å². The maximum atomic E-state index is 12.5. The summed E-state index contributed by atoms with van der Waals surface area (Å²) in [5, 5.41) is 24.1. The average molecular weight is 460 g/mol. The summed E-state index contributed by atoms with van der Waals surface area (Å²) in [5.41, 5.74) is -1.98. The molecular weight excluding hydrogens is 430 g/mol. The number of carbonyl (C=O) groups is 3. The first-order chi connectivity index (χ1) is 14.9. The van der Waals surface area contributed by atoms with Crippen LogP contribution in [0.5, 0.6) is 0 Å². The van der Waals surface area contributed by atoms with Gasteiger partial charge in [-0.05, 0) is 37.8 Å². The number of nitrogens with zero attached hydrogens (tertiary/aromatic N) is 3. The normalized spacial score (nSPS) is 14.4. The summed E-state index contributed by atoms with van der Waals surface area (Å²) in [5.74, 6) is -2.04. The van der Waals surface area contributed by atoms with Crippen LogP contribution in [0.25, 0.3) is 0 Å². The molecule has 0 aromatic carbocycles. The average Bonchev–Trinajstić information content (AvgIpc) is 2.75. The van der Waals surface area contributed by atoms with Crippen molar-refractivity contribution in [2.24, 2.45) is 11.8 Å². The Morgan fingerprint density at radius 1 is 1.06 bits per heavy atom. The van der Waals surface area contributed by atoms with Gasteiger partial charge in [0.15, 0.2) is 6.61 Å². The van der Waals surface area contributed by atoms with Crippen LogP contribution in [0.2, 0.25) is 0 Å². The van der Waals surface area contributed by atoms with Crippen LogP contribution < -0.4 is 10.6 Å². The molecule has 0 aliphatic rings. The van der Waals surface area contributed by atoms with Gasteiger partial charge in [-0.1, -0.05) is 39.5 Å². The van der Waals surface area contributed by atoms with Crippen LogP contribution in [-0.4, -0.2) is 46.2 Å². The number of carbonyl (C=O) groups excluding carboxylic acids is 3. The molecule has 1 aromatic rings. The zero-order chi connectivity index (χ0) is 24.5. The highest BCUT2D eigenvalue weighted by Crippen LogP contribution is 2.22. The van der Waals surface area contributed by atoms with Gasteiger partial charge < -0.3 is 15.4 Å². The van der Waals surface area contributed by atoms with E-state index in [9.17, 15) is 24.9 Å². The van der Waals surface area contributed by atoms with Gasteiger partial charge in [-0.3, -0.25) is 9.59 Å². The molecule has 1 rings (SSSR count). The number of nitrogens with one attached hydrogen (secondary N) is 2. The summed E-state index contributed by atoms with van der Waals surface area (Å²) in [6.07, 6.45) is 1.47. The Hall–Kier alpha value is -3.11. The molecule has 0 radical (unpaired) electrons. The maximum absolute atomic E-state index is 12.5. The van der Waals surface area contributed by atoms with E-state index in [0.29, 0.717) is 0 Å². The van der Waals surface area contributed by atoms with E-state index in [-0.39, 0.29) is 34.1 Å². The Labute approximate surface area is 192 Å². The van der Waals surface area contributed by atoms with Crippen molar-refractivity contribution < 1.29 is 19.1 Å². The van der Waals surface area contributed by atoms with Crippen LogP contribution in [0.15, 0.2) is 23.4 Å². The summed E-state index contributed by atoms with van der Waals surface area (Å²) >= 11 is 1.02. The van der Waals surface area contributed by atoms with E-state index in [4.69, 9.17) is 4.74 Å². The SMILES string of the molecule is CC(C)[C@](C)(C#N)NC(=O)COC(=O)c1cccnc1SCC(=O)N[C@@](C)(C#N)C(C)C. The third-order valence-electron chi connectivity index (χ3n) is 5.24. The number of hydrogen-bond donors (Lipinski definition) is 2. The fraction of sp³-hybridized carbons (Fsp3) is 0.545. The molecule has 0 spiro atoms. The third kappa shape index (κ3) is 7.24. The van der Waals surface area contributed by atoms with Crippen LogP contribution >= 0.6 is 11.8 Å². The van der Waals surface area contributed by atoms with E-state index in [2.05, 4.69) is 21.7 Å². The molecule has 2 atom stereocenters. The minimum atomic E-state index is -1.08. The molecule has 1 aromatic heterocycles. The molecule has 2 amide bonds. The molecule has 0 bridgehead atoms. The van der Waals surface area contributed by atoms with Gasteiger partial charge in [0.1, 0.15) is 16.1 Å². The van der Waals surface area contributed by atoms with Gasteiger partial charge in [-0.2, -0.15) is 10.5 Å². The molecule has 0 aliphatic carbocycles. The second kappa shape index (κ2) is 11.5. The van der Waals surface area contributed by atoms with E-state index in [1.54, 1.807) is 27.7 Å². The molecule has 10 heteroatoms. The quantitative estimate of drug-likeness (QED) is 0.401. The van der Waals surface area contributed by atoms with Crippen LogP contribution in [0.3, 0.4) is 0 Å². The lowest BCUT2D eigenvalue weighted by Gasteiger charge is -2.27. The molecule has 172 valence electrons. The standard InChI is InChI=1S/C22H29N5O4S/c1-14(2)21(5,12-23)26-17(28)10-31-20(30)16-8-7-9-25-19(16)32-11-18(29)27-22(6,13-24)15(3)4/h7-9,14-15H,10-11H2,1-6H3,(H,26,28)(H,27,29)/t21-,22-/m0/s1. The zero-order valence-electron chi connectivity index (χ0n) is 19.2. The fourth-order valence-corrected chi connectivity index (χ4v) is 3.04. The molecule has 9 nitrogen and oxygen atoms in total. The molecule has 0 fully saturated rings. The molecular formula is C22H29N5O4S. The molecule has 0 saturated carbocycles. The molecule has 32 heavy (non-hydrogen) atoms. The summed E-state index contributed by atoms with van der Waals surface area (Å²) in [7, 11) is 0. The summed E-state index contributed by atoms with van der Waals surface area (Å²) in [6, 6.07) is 7.17. The monoisotopic (exact) mass is 459 g/mol. The van der Waals surface area contributed by atoms with Crippen molar-refractivity contribution in [2.75, 3.05) is 12.4 Å². The fourth-order valence-electron chi connectivity index (χ4n) is 2.26. The number of hydrogen-bond acceptors (Lipinski definition) is 8. The predicted octanol–water partition coefficient (Wildman–Crippen LogP) is 2.44. The topological polar surface area (TPSA) is 145 Å². The lowest BCUT2D eigenvalue weighted by molar-refractivity contribution is -0.126. The summed E-state index contributed by atoms with van der Waals surface area (Å²) < 4.78 is 5.08. The van der Waals surface area contributed by atoms with E-state index in [0.717, 1.165) is 11.8 Å². The van der Waals surface area contributed by atoms with E-state index in [1.807, 2.05) is 19.9 Å². The van der Waals surface area contributed by atoms with Gasteiger partial charge in [-0.15, -0.1) is 0 Å². The van der Waals surface area contributed by atoms with Crippen molar-refractivity contribution in [3.8, 4) is 12.1 Å². The number of aromatic nitrogens is 1. The Kier molecular flexibility index (Phi) is 9.67. The maximum Gasteiger partial charge on any atom is 0.341 e. The minimum absolute atomic E-state index is 0.0588. The van der Waals surface area contributed by atoms with Gasteiger partial charge >= 0.3 is 5.97 Å². The van der Waals surface area contributed by atoms with Crippen LogP contribution in [0.1, 0.15) is 51.9 Å². The number of amides is 2. The Morgan fingerprint density at radius 3 is 2.09 bits per heavy atom. The molecule has 1 heterocycles. The number of pyridine rings is 1. The number of rotatable bonds is 10. The third-order valence-corrected chi connectivity index (χ3v) is 6.24. The Morgan fingerprint density at radius 2 is 1.59 bits per heavy atom.